The number of nitrogens with one attached hydrogen (secondary N) is 2. The van der Waals surface area contributed by atoms with Gasteiger partial charge in [0.2, 0.25) is 5.91 Å². The molecule has 3 amide bonds. The molecule has 0 saturated carbocycles. The van der Waals surface area contributed by atoms with Crippen LogP contribution in [0, 0.1) is 0 Å². The van der Waals surface area contributed by atoms with Gasteiger partial charge in [0.15, 0.2) is 5.96 Å². The van der Waals surface area contributed by atoms with Gasteiger partial charge in [0.1, 0.15) is 0 Å². The maximum atomic E-state index is 11.5. The Kier molecular flexibility index (Phi) is 5.72. The van der Waals surface area contributed by atoms with Crippen LogP contribution in [0.15, 0.2) is 4.99 Å². The molecule has 21 heavy (non-hydrogen) atoms. The molecule has 2 N–H and O–H groups in total. The molecule has 2 heterocycles. The van der Waals surface area contributed by atoms with Crippen LogP contribution in [0.5, 0.6) is 0 Å². The third-order valence-corrected chi connectivity index (χ3v) is 5.03. The van der Waals surface area contributed by atoms with Gasteiger partial charge in [-0.05, 0) is 6.42 Å². The molecule has 0 radical (unpaired) electrons. The summed E-state index contributed by atoms with van der Waals surface area (Å²) in [5.41, 5.74) is 0. The standard InChI is InChI=1S/C13H23N5O2S/c1-3-10-9-17(6-7-21-10)12(14-2)15-4-5-18-11(19)8-16-13(18)20/h10H,3-9H2,1-2H3,(H,14,15)(H,16,20). The minimum atomic E-state index is -0.308. The smallest absolute Gasteiger partial charge is 0.324 e. The van der Waals surface area contributed by atoms with Crippen molar-refractivity contribution in [2.45, 2.75) is 18.6 Å². The van der Waals surface area contributed by atoms with E-state index in [9.17, 15) is 9.59 Å². The summed E-state index contributed by atoms with van der Waals surface area (Å²) >= 11 is 2.01. The molecule has 7 nitrogen and oxygen atoms in total. The highest BCUT2D eigenvalue weighted by Crippen LogP contribution is 2.20. The summed E-state index contributed by atoms with van der Waals surface area (Å²) in [6.07, 6.45) is 1.15. The Morgan fingerprint density at radius 3 is 2.95 bits per heavy atom. The summed E-state index contributed by atoms with van der Waals surface area (Å²) < 4.78 is 0. The van der Waals surface area contributed by atoms with E-state index in [0.717, 1.165) is 31.2 Å². The van der Waals surface area contributed by atoms with Crippen molar-refractivity contribution in [1.29, 1.82) is 0 Å². The van der Waals surface area contributed by atoms with Gasteiger partial charge in [0, 0.05) is 44.2 Å². The van der Waals surface area contributed by atoms with Crippen molar-refractivity contribution >= 4 is 29.7 Å². The summed E-state index contributed by atoms with van der Waals surface area (Å²) in [6.45, 7) is 5.16. The minimum absolute atomic E-state index is 0.106. The highest BCUT2D eigenvalue weighted by Gasteiger charge is 2.28. The van der Waals surface area contributed by atoms with Crippen LogP contribution in [0.25, 0.3) is 0 Å². The van der Waals surface area contributed by atoms with Crippen molar-refractivity contribution in [3.8, 4) is 0 Å². The molecule has 1 unspecified atom stereocenters. The molecule has 8 heteroatoms. The number of rotatable bonds is 4. The number of hydrogen-bond donors (Lipinski definition) is 2. The first-order valence-corrected chi connectivity index (χ1v) is 8.36. The Morgan fingerprint density at radius 1 is 1.52 bits per heavy atom. The molecule has 0 spiro atoms. The normalized spacial score (nSPS) is 23.5. The zero-order valence-corrected chi connectivity index (χ0v) is 13.4. The number of amides is 3. The van der Waals surface area contributed by atoms with E-state index in [1.54, 1.807) is 7.05 Å². The van der Waals surface area contributed by atoms with Crippen LogP contribution in [0.1, 0.15) is 13.3 Å². The number of aliphatic imine (C=N–C) groups is 1. The van der Waals surface area contributed by atoms with Crippen molar-refractivity contribution in [3.05, 3.63) is 0 Å². The third-order valence-electron chi connectivity index (χ3n) is 3.66. The lowest BCUT2D eigenvalue weighted by atomic mass is 10.3. The van der Waals surface area contributed by atoms with Crippen LogP contribution in [0.2, 0.25) is 0 Å². The zero-order valence-electron chi connectivity index (χ0n) is 12.6. The quantitative estimate of drug-likeness (QED) is 0.432. The fourth-order valence-electron chi connectivity index (χ4n) is 2.45. The van der Waals surface area contributed by atoms with Gasteiger partial charge in [0.25, 0.3) is 0 Å². The molecule has 0 bridgehead atoms. The average Bonchev–Trinajstić information content (AvgIpc) is 2.83. The first kappa shape index (κ1) is 15.9. The van der Waals surface area contributed by atoms with Crippen molar-refractivity contribution in [2.75, 3.05) is 45.5 Å². The summed E-state index contributed by atoms with van der Waals surface area (Å²) in [5, 5.41) is 6.40. The van der Waals surface area contributed by atoms with Gasteiger partial charge >= 0.3 is 6.03 Å². The number of hydrogen-bond acceptors (Lipinski definition) is 4. The monoisotopic (exact) mass is 313 g/mol. The molecule has 2 aliphatic rings. The van der Waals surface area contributed by atoms with Gasteiger partial charge in [-0.1, -0.05) is 6.92 Å². The number of nitrogens with zero attached hydrogens (tertiary/aromatic N) is 3. The number of thioether (sulfide) groups is 1. The van der Waals surface area contributed by atoms with Crippen LogP contribution in [-0.4, -0.2) is 78.5 Å². The second-order valence-electron chi connectivity index (χ2n) is 5.03. The summed E-state index contributed by atoms with van der Waals surface area (Å²) in [7, 11) is 1.76. The number of imide groups is 1. The molecule has 2 fully saturated rings. The number of carbonyl (C=O) groups is 2. The molecule has 0 aliphatic carbocycles. The molecule has 2 rings (SSSR count). The Hall–Kier alpha value is -1.44. The fraction of sp³-hybridized carbons (Fsp3) is 0.769. The number of urea groups is 1. The Bertz CT molecular complexity index is 413. The molecular formula is C13H23N5O2S. The zero-order chi connectivity index (χ0) is 15.2. The highest BCUT2D eigenvalue weighted by atomic mass is 32.2. The van der Waals surface area contributed by atoms with E-state index in [1.807, 2.05) is 11.8 Å². The van der Waals surface area contributed by atoms with Crippen molar-refractivity contribution in [3.63, 3.8) is 0 Å². The van der Waals surface area contributed by atoms with Crippen LogP contribution in [0.4, 0.5) is 4.79 Å². The predicted octanol–water partition coefficient (Wildman–Crippen LogP) is -0.0590. The number of guanidine groups is 1. The molecule has 1 atom stereocenters. The van der Waals surface area contributed by atoms with Gasteiger partial charge in [-0.2, -0.15) is 11.8 Å². The van der Waals surface area contributed by atoms with E-state index in [4.69, 9.17) is 0 Å². The first-order chi connectivity index (χ1) is 10.2. The fourth-order valence-corrected chi connectivity index (χ4v) is 3.63. The molecular weight excluding hydrogens is 290 g/mol. The average molecular weight is 313 g/mol. The summed E-state index contributed by atoms with van der Waals surface area (Å²) in [4.78, 5) is 30.7. The van der Waals surface area contributed by atoms with E-state index >= 15 is 0 Å². The Labute approximate surface area is 129 Å². The van der Waals surface area contributed by atoms with Gasteiger partial charge in [-0.3, -0.25) is 14.7 Å². The minimum Gasteiger partial charge on any atom is -0.354 e. The molecule has 2 aliphatic heterocycles. The van der Waals surface area contributed by atoms with Gasteiger partial charge in [0.05, 0.1) is 6.54 Å². The van der Waals surface area contributed by atoms with Crippen molar-refractivity contribution in [1.82, 2.24) is 20.4 Å². The van der Waals surface area contributed by atoms with Gasteiger partial charge in [-0.15, -0.1) is 0 Å². The lowest BCUT2D eigenvalue weighted by Crippen LogP contribution is -2.49. The SMILES string of the molecule is CCC1CN(C(=NC)NCCN2C(=O)CNC2=O)CCS1. The highest BCUT2D eigenvalue weighted by molar-refractivity contribution is 8.00. The molecule has 0 aromatic carbocycles. The Morgan fingerprint density at radius 2 is 2.33 bits per heavy atom. The second kappa shape index (κ2) is 7.53. The van der Waals surface area contributed by atoms with Crippen molar-refractivity contribution < 1.29 is 9.59 Å². The van der Waals surface area contributed by atoms with Crippen molar-refractivity contribution in [2.24, 2.45) is 4.99 Å². The van der Waals surface area contributed by atoms with E-state index in [2.05, 4.69) is 27.4 Å². The maximum absolute atomic E-state index is 11.5. The molecule has 2 saturated heterocycles. The van der Waals surface area contributed by atoms with E-state index in [0.29, 0.717) is 18.3 Å². The Balaban J connectivity index is 1.80. The second-order valence-corrected chi connectivity index (χ2v) is 6.43. The molecule has 0 aromatic rings. The van der Waals surface area contributed by atoms with Crippen LogP contribution in [-0.2, 0) is 4.79 Å². The molecule has 0 aromatic heterocycles. The summed E-state index contributed by atoms with van der Waals surface area (Å²) in [5.74, 6) is 1.78. The first-order valence-electron chi connectivity index (χ1n) is 7.31. The van der Waals surface area contributed by atoms with Crippen LogP contribution >= 0.6 is 11.8 Å². The van der Waals surface area contributed by atoms with E-state index < -0.39 is 0 Å². The van der Waals surface area contributed by atoms with Crippen LogP contribution < -0.4 is 10.6 Å². The largest absolute Gasteiger partial charge is 0.354 e. The molecule has 118 valence electrons. The van der Waals surface area contributed by atoms with Gasteiger partial charge < -0.3 is 15.5 Å². The van der Waals surface area contributed by atoms with Gasteiger partial charge in [-0.25, -0.2) is 4.79 Å². The predicted molar refractivity (Wildman–Crippen MR) is 84.6 cm³/mol. The lowest BCUT2D eigenvalue weighted by molar-refractivity contribution is -0.124. The topological polar surface area (TPSA) is 77.0 Å². The lowest BCUT2D eigenvalue weighted by Gasteiger charge is -2.34. The van der Waals surface area contributed by atoms with E-state index in [-0.39, 0.29) is 18.5 Å². The van der Waals surface area contributed by atoms with Crippen LogP contribution in [0.3, 0.4) is 0 Å². The number of carbonyl (C=O) groups excluding carboxylic acids is 2. The maximum Gasteiger partial charge on any atom is 0.324 e. The third kappa shape index (κ3) is 4.03. The summed E-state index contributed by atoms with van der Waals surface area (Å²) in [6, 6.07) is -0.308. The van der Waals surface area contributed by atoms with E-state index in [1.165, 1.54) is 4.90 Å².